The first-order valence-electron chi connectivity index (χ1n) is 13.8. The monoisotopic (exact) mass is 547 g/mol. The Bertz CT molecular complexity index is 1040. The quantitative estimate of drug-likeness (QED) is 0.258. The first kappa shape index (κ1) is 32.3. The minimum Gasteiger partial charge on any atom is -0.390 e. The van der Waals surface area contributed by atoms with E-state index in [2.05, 4.69) is 10.6 Å². The molecule has 2 aromatic carbocycles. The van der Waals surface area contributed by atoms with Crippen molar-refractivity contribution in [3.63, 3.8) is 0 Å². The highest BCUT2D eigenvalue weighted by atomic mass is 19.1. The predicted molar refractivity (Wildman–Crippen MR) is 149 cm³/mol. The Balaban J connectivity index is 2.23. The van der Waals surface area contributed by atoms with Crippen LogP contribution in [0.1, 0.15) is 71.9 Å². The predicted octanol–water partition coefficient (Wildman–Crippen LogP) is 4.25. The molecule has 3 N–H and O–H groups in total. The van der Waals surface area contributed by atoms with Crippen LogP contribution in [0.15, 0.2) is 36.4 Å². The lowest BCUT2D eigenvalue weighted by Crippen LogP contribution is -2.49. The molecule has 0 bridgehead atoms. The molecule has 39 heavy (non-hydrogen) atoms. The zero-order valence-corrected chi connectivity index (χ0v) is 23.6. The lowest BCUT2D eigenvalue weighted by atomic mass is 9.99. The molecule has 0 aliphatic carbocycles. The SMILES string of the molecule is CCCOCCNC[C@@H](O)[C@H](Cc1cc(F)cc(F)c1)NC(=O)c1cc(C)cc(C(=O)N(CCC)CCC)c1. The van der Waals surface area contributed by atoms with E-state index in [9.17, 15) is 23.5 Å². The number of rotatable bonds is 17. The Morgan fingerprint density at radius 1 is 0.923 bits per heavy atom. The number of hydrogen-bond acceptors (Lipinski definition) is 5. The zero-order chi connectivity index (χ0) is 28.8. The number of nitrogens with zero attached hydrogens (tertiary/aromatic N) is 1. The highest BCUT2D eigenvalue weighted by Crippen LogP contribution is 2.16. The van der Waals surface area contributed by atoms with Gasteiger partial charge in [0.1, 0.15) is 11.6 Å². The molecule has 216 valence electrons. The van der Waals surface area contributed by atoms with Crippen LogP contribution in [0.2, 0.25) is 0 Å². The number of aryl methyl sites for hydroxylation is 1. The fourth-order valence-corrected chi connectivity index (χ4v) is 4.38. The number of ether oxygens (including phenoxy) is 1. The molecule has 2 aromatic rings. The van der Waals surface area contributed by atoms with Gasteiger partial charge in [0.05, 0.1) is 18.8 Å². The standard InChI is InChI=1S/C30H43F2N3O4/c1-5-9-35(10-6-2)30(38)24-14-21(4)13-23(18-24)29(37)34-27(17-22-15-25(31)19-26(32)16-22)28(36)20-33-8-12-39-11-7-3/h13-16,18-19,27-28,33,36H,5-12,17,20H2,1-4H3,(H,34,37)/t27-,28+/m0/s1. The highest BCUT2D eigenvalue weighted by molar-refractivity contribution is 6.00. The largest absolute Gasteiger partial charge is 0.390 e. The van der Waals surface area contributed by atoms with Gasteiger partial charge in [0.2, 0.25) is 0 Å². The number of aliphatic hydroxyl groups is 1. The Labute approximate surface area is 230 Å². The van der Waals surface area contributed by atoms with Crippen molar-refractivity contribution in [1.82, 2.24) is 15.5 Å². The van der Waals surface area contributed by atoms with Crippen molar-refractivity contribution in [2.24, 2.45) is 0 Å². The van der Waals surface area contributed by atoms with Crippen LogP contribution in [-0.4, -0.2) is 73.4 Å². The lowest BCUT2D eigenvalue weighted by molar-refractivity contribution is 0.0755. The molecule has 0 heterocycles. The third kappa shape index (κ3) is 11.0. The van der Waals surface area contributed by atoms with Gasteiger partial charge in [-0.05, 0) is 74.1 Å². The molecule has 0 unspecified atom stereocenters. The van der Waals surface area contributed by atoms with E-state index in [4.69, 9.17) is 4.74 Å². The number of aliphatic hydroxyl groups excluding tert-OH is 1. The fraction of sp³-hybridized carbons (Fsp3) is 0.533. The summed E-state index contributed by atoms with van der Waals surface area (Å²) in [4.78, 5) is 28.3. The van der Waals surface area contributed by atoms with Crippen LogP contribution in [-0.2, 0) is 11.2 Å². The van der Waals surface area contributed by atoms with E-state index < -0.39 is 29.7 Å². The minimum absolute atomic E-state index is 0.00792. The number of carbonyl (C=O) groups is 2. The normalized spacial score (nSPS) is 12.7. The summed E-state index contributed by atoms with van der Waals surface area (Å²) in [5.41, 5.74) is 1.74. The van der Waals surface area contributed by atoms with Crippen LogP contribution in [0.5, 0.6) is 0 Å². The van der Waals surface area contributed by atoms with E-state index in [0.29, 0.717) is 44.0 Å². The van der Waals surface area contributed by atoms with Gasteiger partial charge in [0.15, 0.2) is 0 Å². The summed E-state index contributed by atoms with van der Waals surface area (Å²) in [6.07, 6.45) is 1.51. The Morgan fingerprint density at radius 3 is 2.18 bits per heavy atom. The Morgan fingerprint density at radius 2 is 1.56 bits per heavy atom. The summed E-state index contributed by atoms with van der Waals surface area (Å²) in [5.74, 6) is -2.10. The number of hydrogen-bond donors (Lipinski definition) is 3. The first-order valence-corrected chi connectivity index (χ1v) is 13.8. The fourth-order valence-electron chi connectivity index (χ4n) is 4.38. The molecule has 0 spiro atoms. The van der Waals surface area contributed by atoms with Gasteiger partial charge in [-0.25, -0.2) is 8.78 Å². The van der Waals surface area contributed by atoms with Crippen molar-refractivity contribution in [2.75, 3.05) is 39.4 Å². The molecule has 2 amide bonds. The summed E-state index contributed by atoms with van der Waals surface area (Å²) in [6, 6.07) is 7.27. The molecule has 0 fully saturated rings. The molecule has 0 aromatic heterocycles. The third-order valence-electron chi connectivity index (χ3n) is 6.14. The van der Waals surface area contributed by atoms with E-state index in [0.717, 1.165) is 30.9 Å². The lowest BCUT2D eigenvalue weighted by Gasteiger charge is -2.25. The zero-order valence-electron chi connectivity index (χ0n) is 23.6. The van der Waals surface area contributed by atoms with Crippen LogP contribution in [0.3, 0.4) is 0 Å². The van der Waals surface area contributed by atoms with Gasteiger partial charge in [0.25, 0.3) is 11.8 Å². The van der Waals surface area contributed by atoms with Crippen LogP contribution in [0.4, 0.5) is 8.78 Å². The summed E-state index contributed by atoms with van der Waals surface area (Å²) < 4.78 is 33.1. The number of amides is 2. The second-order valence-corrected chi connectivity index (χ2v) is 9.83. The number of halogens is 2. The van der Waals surface area contributed by atoms with Crippen molar-refractivity contribution in [3.05, 3.63) is 70.3 Å². The van der Waals surface area contributed by atoms with Crippen LogP contribution >= 0.6 is 0 Å². The summed E-state index contributed by atoms with van der Waals surface area (Å²) in [6.45, 7) is 10.8. The Kier molecular flexibility index (Phi) is 14.0. The van der Waals surface area contributed by atoms with E-state index in [-0.39, 0.29) is 24.4 Å². The molecule has 7 nitrogen and oxygen atoms in total. The molecular weight excluding hydrogens is 504 g/mol. The first-order chi connectivity index (χ1) is 18.7. The van der Waals surface area contributed by atoms with Crippen LogP contribution in [0, 0.1) is 18.6 Å². The molecule has 0 saturated heterocycles. The second kappa shape index (κ2) is 16.9. The van der Waals surface area contributed by atoms with E-state index in [1.54, 1.807) is 23.1 Å². The topological polar surface area (TPSA) is 90.9 Å². The molecule has 0 saturated carbocycles. The summed E-state index contributed by atoms with van der Waals surface area (Å²) in [5, 5.41) is 16.8. The maximum Gasteiger partial charge on any atom is 0.253 e. The van der Waals surface area contributed by atoms with Crippen molar-refractivity contribution in [1.29, 1.82) is 0 Å². The summed E-state index contributed by atoms with van der Waals surface area (Å²) in [7, 11) is 0. The van der Waals surface area contributed by atoms with Crippen LogP contribution in [0.25, 0.3) is 0 Å². The van der Waals surface area contributed by atoms with Crippen molar-refractivity contribution < 1.29 is 28.2 Å². The number of benzene rings is 2. The average molecular weight is 548 g/mol. The maximum absolute atomic E-state index is 13.8. The minimum atomic E-state index is -1.05. The van der Waals surface area contributed by atoms with Gasteiger partial charge in [-0.15, -0.1) is 0 Å². The van der Waals surface area contributed by atoms with Gasteiger partial charge >= 0.3 is 0 Å². The number of carbonyl (C=O) groups excluding carboxylic acids is 2. The highest BCUT2D eigenvalue weighted by Gasteiger charge is 2.24. The van der Waals surface area contributed by atoms with E-state index >= 15 is 0 Å². The second-order valence-electron chi connectivity index (χ2n) is 9.83. The van der Waals surface area contributed by atoms with Crippen molar-refractivity contribution >= 4 is 11.8 Å². The molecule has 0 radical (unpaired) electrons. The maximum atomic E-state index is 13.8. The van der Waals surface area contributed by atoms with Gasteiger partial charge < -0.3 is 25.4 Å². The van der Waals surface area contributed by atoms with Crippen LogP contribution < -0.4 is 10.6 Å². The summed E-state index contributed by atoms with van der Waals surface area (Å²) >= 11 is 0. The van der Waals surface area contributed by atoms with Gasteiger partial charge in [0, 0.05) is 50.0 Å². The van der Waals surface area contributed by atoms with E-state index in [1.807, 2.05) is 27.7 Å². The smallest absolute Gasteiger partial charge is 0.253 e. The number of nitrogens with one attached hydrogen (secondary N) is 2. The van der Waals surface area contributed by atoms with E-state index in [1.165, 1.54) is 12.1 Å². The Hall–Kier alpha value is -2.88. The van der Waals surface area contributed by atoms with Gasteiger partial charge in [-0.2, -0.15) is 0 Å². The molecule has 0 aliphatic rings. The molecular formula is C30H43F2N3O4. The van der Waals surface area contributed by atoms with Crippen molar-refractivity contribution in [2.45, 2.75) is 65.5 Å². The average Bonchev–Trinajstić information content (AvgIpc) is 2.88. The molecule has 0 aliphatic heterocycles. The molecule has 2 atom stereocenters. The third-order valence-corrected chi connectivity index (χ3v) is 6.14. The van der Waals surface area contributed by atoms with Crippen molar-refractivity contribution in [3.8, 4) is 0 Å². The van der Waals surface area contributed by atoms with Gasteiger partial charge in [-0.1, -0.05) is 20.8 Å². The molecule has 9 heteroatoms. The van der Waals surface area contributed by atoms with Gasteiger partial charge in [-0.3, -0.25) is 9.59 Å². The molecule has 2 rings (SSSR count).